The van der Waals surface area contributed by atoms with Gasteiger partial charge in [0.2, 0.25) is 0 Å². The molecule has 1 unspecified atom stereocenters. The Morgan fingerprint density at radius 2 is 1.66 bits per heavy atom. The molecule has 0 aliphatic rings. The Morgan fingerprint density at radius 3 is 2.21 bits per heavy atom. The summed E-state index contributed by atoms with van der Waals surface area (Å²) in [5, 5.41) is 6.16. The largest absolute Gasteiger partial charge is 0.573 e. The summed E-state index contributed by atoms with van der Waals surface area (Å²) in [6, 6.07) is 14.4. The van der Waals surface area contributed by atoms with Crippen molar-refractivity contribution in [3.05, 3.63) is 60.3 Å². The van der Waals surface area contributed by atoms with E-state index in [1.165, 1.54) is 24.3 Å². The number of nitrogens with one attached hydrogen (secondary N) is 2. The number of aromatic nitrogens is 2. The number of anilines is 3. The molecule has 0 saturated carbocycles. The minimum Gasteiger partial charge on any atom is -0.406 e. The number of nitrogens with zero attached hydrogens (tertiary/aromatic N) is 2. The van der Waals surface area contributed by atoms with Gasteiger partial charge < -0.3 is 21.1 Å². The molecule has 29 heavy (non-hydrogen) atoms. The van der Waals surface area contributed by atoms with Crippen LogP contribution in [0.4, 0.5) is 30.4 Å². The van der Waals surface area contributed by atoms with Gasteiger partial charge in [0.25, 0.3) is 0 Å². The molecular formula is C20H20F3N5O. The van der Waals surface area contributed by atoms with E-state index < -0.39 is 6.36 Å². The van der Waals surface area contributed by atoms with Crippen LogP contribution in [0.25, 0.3) is 11.4 Å². The Labute approximate surface area is 165 Å². The van der Waals surface area contributed by atoms with Gasteiger partial charge in [-0.25, -0.2) is 9.97 Å². The molecule has 0 saturated heterocycles. The molecule has 0 fully saturated rings. The summed E-state index contributed by atoms with van der Waals surface area (Å²) in [6.45, 7) is 1.81. The van der Waals surface area contributed by atoms with Crippen molar-refractivity contribution in [2.24, 2.45) is 5.73 Å². The Morgan fingerprint density at radius 1 is 1.00 bits per heavy atom. The Hall–Kier alpha value is -3.33. The second-order valence-electron chi connectivity index (χ2n) is 6.26. The van der Waals surface area contributed by atoms with Gasteiger partial charge in [0.1, 0.15) is 11.4 Å². The zero-order valence-electron chi connectivity index (χ0n) is 15.8. The standard InChI is InChI=1S/C20H20F3N5O/c1-12(24)16-17(25-2)19(28-18(27-16)13-6-4-3-5-7-13)26-14-8-10-15(11-9-14)29-20(21,22)23/h3-12,25H,24H2,1-2H3,(H,26,27,28). The van der Waals surface area contributed by atoms with Crippen molar-refractivity contribution in [2.45, 2.75) is 19.3 Å². The van der Waals surface area contributed by atoms with E-state index in [-0.39, 0.29) is 11.8 Å². The molecule has 2 aromatic carbocycles. The molecule has 1 heterocycles. The van der Waals surface area contributed by atoms with E-state index in [0.717, 1.165) is 5.56 Å². The van der Waals surface area contributed by atoms with Crippen LogP contribution in [0.2, 0.25) is 0 Å². The van der Waals surface area contributed by atoms with Gasteiger partial charge in [0.15, 0.2) is 11.6 Å². The molecule has 6 nitrogen and oxygen atoms in total. The molecular weight excluding hydrogens is 383 g/mol. The summed E-state index contributed by atoms with van der Waals surface area (Å²) in [5.41, 5.74) is 8.66. The van der Waals surface area contributed by atoms with E-state index in [1.807, 2.05) is 37.3 Å². The van der Waals surface area contributed by atoms with Gasteiger partial charge in [-0.15, -0.1) is 13.2 Å². The zero-order valence-corrected chi connectivity index (χ0v) is 15.8. The van der Waals surface area contributed by atoms with Gasteiger partial charge in [-0.05, 0) is 31.2 Å². The number of halogens is 3. The molecule has 0 bridgehead atoms. The number of ether oxygens (including phenoxy) is 1. The van der Waals surface area contributed by atoms with Crippen molar-refractivity contribution in [3.63, 3.8) is 0 Å². The van der Waals surface area contributed by atoms with Crippen molar-refractivity contribution in [1.29, 1.82) is 0 Å². The lowest BCUT2D eigenvalue weighted by atomic mass is 10.1. The lowest BCUT2D eigenvalue weighted by molar-refractivity contribution is -0.274. The van der Waals surface area contributed by atoms with Gasteiger partial charge in [-0.1, -0.05) is 30.3 Å². The lowest BCUT2D eigenvalue weighted by Crippen LogP contribution is -2.17. The minimum absolute atomic E-state index is 0.305. The highest BCUT2D eigenvalue weighted by Gasteiger charge is 2.31. The summed E-state index contributed by atoms with van der Waals surface area (Å²) in [4.78, 5) is 9.17. The van der Waals surface area contributed by atoms with Crippen molar-refractivity contribution >= 4 is 17.2 Å². The van der Waals surface area contributed by atoms with E-state index in [2.05, 4.69) is 25.3 Å². The summed E-state index contributed by atoms with van der Waals surface area (Å²) in [5.74, 6) is 0.635. The van der Waals surface area contributed by atoms with E-state index in [0.29, 0.717) is 28.7 Å². The highest BCUT2D eigenvalue weighted by atomic mass is 19.4. The smallest absolute Gasteiger partial charge is 0.406 e. The molecule has 0 aliphatic heterocycles. The summed E-state index contributed by atoms with van der Waals surface area (Å²) < 4.78 is 40.9. The maximum atomic E-state index is 12.3. The molecule has 1 atom stereocenters. The Kier molecular flexibility index (Phi) is 5.88. The molecule has 152 valence electrons. The molecule has 1 aromatic heterocycles. The fraction of sp³-hybridized carbons (Fsp3) is 0.200. The highest BCUT2D eigenvalue weighted by Crippen LogP contribution is 2.32. The summed E-state index contributed by atoms with van der Waals surface area (Å²) in [7, 11) is 1.72. The van der Waals surface area contributed by atoms with Gasteiger partial charge in [-0.3, -0.25) is 0 Å². The number of alkyl halides is 3. The van der Waals surface area contributed by atoms with Crippen LogP contribution in [0.1, 0.15) is 18.7 Å². The SMILES string of the molecule is CNc1c(Nc2ccc(OC(F)(F)F)cc2)nc(-c2ccccc2)nc1C(C)N. The molecule has 0 aliphatic carbocycles. The van der Waals surface area contributed by atoms with Crippen LogP contribution in [-0.4, -0.2) is 23.4 Å². The van der Waals surface area contributed by atoms with Crippen LogP contribution in [0.3, 0.4) is 0 Å². The number of hydrogen-bond donors (Lipinski definition) is 3. The van der Waals surface area contributed by atoms with Gasteiger partial charge in [0.05, 0.1) is 5.69 Å². The number of hydrogen-bond acceptors (Lipinski definition) is 6. The van der Waals surface area contributed by atoms with Crippen molar-refractivity contribution < 1.29 is 17.9 Å². The fourth-order valence-corrected chi connectivity index (χ4v) is 2.74. The van der Waals surface area contributed by atoms with Gasteiger partial charge >= 0.3 is 6.36 Å². The normalized spacial score (nSPS) is 12.3. The maximum Gasteiger partial charge on any atom is 0.573 e. The van der Waals surface area contributed by atoms with Crippen molar-refractivity contribution in [2.75, 3.05) is 17.7 Å². The predicted octanol–water partition coefficient (Wildman–Crippen LogP) is 4.85. The average molecular weight is 403 g/mol. The van der Waals surface area contributed by atoms with E-state index in [9.17, 15) is 13.2 Å². The van der Waals surface area contributed by atoms with Gasteiger partial charge in [-0.2, -0.15) is 0 Å². The predicted molar refractivity (Wildman–Crippen MR) is 106 cm³/mol. The second kappa shape index (κ2) is 8.36. The van der Waals surface area contributed by atoms with Crippen LogP contribution < -0.4 is 21.1 Å². The van der Waals surface area contributed by atoms with Crippen LogP contribution in [0.15, 0.2) is 54.6 Å². The van der Waals surface area contributed by atoms with Crippen LogP contribution >= 0.6 is 0 Å². The topological polar surface area (TPSA) is 85.1 Å². The highest BCUT2D eigenvalue weighted by molar-refractivity contribution is 5.75. The Balaban J connectivity index is 1.98. The number of benzene rings is 2. The van der Waals surface area contributed by atoms with Crippen LogP contribution in [0.5, 0.6) is 5.75 Å². The fourth-order valence-electron chi connectivity index (χ4n) is 2.74. The molecule has 4 N–H and O–H groups in total. The molecule has 0 amide bonds. The minimum atomic E-state index is -4.74. The summed E-state index contributed by atoms with van der Waals surface area (Å²) in [6.07, 6.45) is -4.74. The zero-order chi connectivity index (χ0) is 21.0. The van der Waals surface area contributed by atoms with Gasteiger partial charge in [0, 0.05) is 24.3 Å². The molecule has 3 aromatic rings. The first-order valence-electron chi connectivity index (χ1n) is 8.80. The summed E-state index contributed by atoms with van der Waals surface area (Å²) >= 11 is 0. The monoisotopic (exact) mass is 403 g/mol. The average Bonchev–Trinajstić information content (AvgIpc) is 2.68. The molecule has 0 spiro atoms. The molecule has 3 rings (SSSR count). The first kappa shape index (κ1) is 20.4. The third kappa shape index (κ3) is 5.14. The third-order valence-corrected chi connectivity index (χ3v) is 4.00. The molecule has 9 heteroatoms. The quantitative estimate of drug-likeness (QED) is 0.546. The van der Waals surface area contributed by atoms with E-state index >= 15 is 0 Å². The van der Waals surface area contributed by atoms with Crippen molar-refractivity contribution in [1.82, 2.24) is 9.97 Å². The van der Waals surface area contributed by atoms with E-state index in [4.69, 9.17) is 5.73 Å². The third-order valence-electron chi connectivity index (χ3n) is 4.00. The first-order chi connectivity index (χ1) is 13.8. The number of rotatable bonds is 6. The van der Waals surface area contributed by atoms with Crippen LogP contribution in [-0.2, 0) is 0 Å². The molecule has 0 radical (unpaired) electrons. The van der Waals surface area contributed by atoms with Crippen molar-refractivity contribution in [3.8, 4) is 17.1 Å². The van der Waals surface area contributed by atoms with Crippen LogP contribution in [0, 0.1) is 0 Å². The lowest BCUT2D eigenvalue weighted by Gasteiger charge is -2.18. The first-order valence-corrected chi connectivity index (χ1v) is 8.80. The second-order valence-corrected chi connectivity index (χ2v) is 6.26. The maximum absolute atomic E-state index is 12.3. The number of nitrogens with two attached hydrogens (primary N) is 1. The Bertz CT molecular complexity index is 960. The van der Waals surface area contributed by atoms with E-state index in [1.54, 1.807) is 7.05 Å².